The van der Waals surface area contributed by atoms with Crippen LogP contribution in [-0.2, 0) is 0 Å². The number of rotatable bonds is 3. The molecule has 2 rings (SSSR count). The van der Waals surface area contributed by atoms with Crippen LogP contribution in [0.15, 0.2) is 41.5 Å². The number of methoxy groups -OCH3 is 1. The Balaban J connectivity index is 2.23. The smallest absolute Gasteiger partial charge is 0.118 e. The van der Waals surface area contributed by atoms with Gasteiger partial charge in [-0.1, -0.05) is 18.2 Å². The van der Waals surface area contributed by atoms with Gasteiger partial charge in [-0.3, -0.25) is 0 Å². The molecule has 0 aliphatic heterocycles. The molecule has 1 aliphatic carbocycles. The Hall–Kier alpha value is -2.01. The quantitative estimate of drug-likeness (QED) is 0.734. The van der Waals surface area contributed by atoms with Gasteiger partial charge in [-0.15, -0.1) is 0 Å². The van der Waals surface area contributed by atoms with E-state index in [-0.39, 0.29) is 0 Å². The largest absolute Gasteiger partial charge is 0.497 e. The number of nitriles is 1. The molecule has 0 spiro atoms. The van der Waals surface area contributed by atoms with Gasteiger partial charge in [0.2, 0.25) is 0 Å². The van der Waals surface area contributed by atoms with Crippen molar-refractivity contribution in [3.05, 3.63) is 47.1 Å². The van der Waals surface area contributed by atoms with Crippen molar-refractivity contribution in [2.75, 3.05) is 7.11 Å². The van der Waals surface area contributed by atoms with Crippen molar-refractivity contribution in [2.45, 2.75) is 19.3 Å². The summed E-state index contributed by atoms with van der Waals surface area (Å²) in [5, 5.41) is 9.16. The van der Waals surface area contributed by atoms with E-state index in [1.54, 1.807) is 7.11 Å². The summed E-state index contributed by atoms with van der Waals surface area (Å²) in [6, 6.07) is 10.0. The monoisotopic (exact) mass is 225 g/mol. The van der Waals surface area contributed by atoms with Gasteiger partial charge in [-0.2, -0.15) is 5.26 Å². The highest BCUT2D eigenvalue weighted by Crippen LogP contribution is 2.26. The molecule has 1 aromatic carbocycles. The molecule has 0 radical (unpaired) electrons. The molecule has 86 valence electrons. The van der Waals surface area contributed by atoms with Crippen LogP contribution in [0.4, 0.5) is 0 Å². The van der Waals surface area contributed by atoms with E-state index in [9.17, 15) is 0 Å². The predicted molar refractivity (Wildman–Crippen MR) is 68.5 cm³/mol. The first-order valence-electron chi connectivity index (χ1n) is 5.79. The molecule has 17 heavy (non-hydrogen) atoms. The minimum absolute atomic E-state index is 0.785. The molecule has 0 heterocycles. The Morgan fingerprint density at radius 2 is 2.12 bits per heavy atom. The Kier molecular flexibility index (Phi) is 3.62. The first kappa shape index (κ1) is 11.5. The van der Waals surface area contributed by atoms with Crippen LogP contribution in [0.25, 0.3) is 6.08 Å². The molecule has 1 aliphatic rings. The van der Waals surface area contributed by atoms with Crippen LogP contribution in [0.5, 0.6) is 5.75 Å². The number of ether oxygens (including phenoxy) is 1. The van der Waals surface area contributed by atoms with Gasteiger partial charge in [-0.25, -0.2) is 0 Å². The molecular weight excluding hydrogens is 210 g/mol. The van der Waals surface area contributed by atoms with Gasteiger partial charge in [0.05, 0.1) is 18.8 Å². The second kappa shape index (κ2) is 5.36. The molecule has 0 saturated carbocycles. The van der Waals surface area contributed by atoms with E-state index in [0.717, 1.165) is 36.1 Å². The van der Waals surface area contributed by atoms with Gasteiger partial charge < -0.3 is 4.74 Å². The summed E-state index contributed by atoms with van der Waals surface area (Å²) in [5.74, 6) is 0.834. The second-order valence-corrected chi connectivity index (χ2v) is 4.06. The summed E-state index contributed by atoms with van der Waals surface area (Å²) in [4.78, 5) is 0. The van der Waals surface area contributed by atoms with Crippen LogP contribution in [0, 0.1) is 11.3 Å². The van der Waals surface area contributed by atoms with Crippen molar-refractivity contribution in [3.8, 4) is 11.8 Å². The standard InChI is InChI=1S/C15H15NO/c1-17-15-8-6-12(7-9-15)10-14(11-16)13-4-2-3-5-13/h4,6-10H,2-3,5H2,1H3/b14-10-. The fraction of sp³-hybridized carbons (Fsp3) is 0.267. The van der Waals surface area contributed by atoms with Gasteiger partial charge in [0.15, 0.2) is 0 Å². The highest BCUT2D eigenvalue weighted by atomic mass is 16.5. The van der Waals surface area contributed by atoms with Crippen LogP contribution in [0.2, 0.25) is 0 Å². The number of hydrogen-bond acceptors (Lipinski definition) is 2. The summed E-state index contributed by atoms with van der Waals surface area (Å²) in [6.07, 6.45) is 7.39. The van der Waals surface area contributed by atoms with Gasteiger partial charge in [0.25, 0.3) is 0 Å². The van der Waals surface area contributed by atoms with Gasteiger partial charge in [0, 0.05) is 0 Å². The topological polar surface area (TPSA) is 33.0 Å². The molecule has 0 bridgehead atoms. The zero-order valence-corrected chi connectivity index (χ0v) is 9.94. The lowest BCUT2D eigenvalue weighted by molar-refractivity contribution is 0.415. The third-order valence-corrected chi connectivity index (χ3v) is 2.93. The van der Waals surface area contributed by atoms with E-state index >= 15 is 0 Å². The summed E-state index contributed by atoms with van der Waals surface area (Å²) < 4.78 is 5.10. The van der Waals surface area contributed by atoms with Crippen molar-refractivity contribution in [2.24, 2.45) is 0 Å². The lowest BCUT2D eigenvalue weighted by Crippen LogP contribution is -1.85. The molecule has 2 heteroatoms. The van der Waals surface area contributed by atoms with Crippen LogP contribution in [0.3, 0.4) is 0 Å². The predicted octanol–water partition coefficient (Wildman–Crippen LogP) is 3.71. The summed E-state index contributed by atoms with van der Waals surface area (Å²) >= 11 is 0. The lowest BCUT2D eigenvalue weighted by Gasteiger charge is -2.01. The maximum absolute atomic E-state index is 9.16. The average Bonchev–Trinajstić information content (AvgIpc) is 2.90. The Morgan fingerprint density at radius 1 is 1.35 bits per heavy atom. The molecule has 0 N–H and O–H groups in total. The van der Waals surface area contributed by atoms with Gasteiger partial charge in [0.1, 0.15) is 5.75 Å². The van der Waals surface area contributed by atoms with Crippen LogP contribution < -0.4 is 4.74 Å². The average molecular weight is 225 g/mol. The lowest BCUT2D eigenvalue weighted by atomic mass is 10.0. The number of benzene rings is 1. The fourth-order valence-corrected chi connectivity index (χ4v) is 1.98. The molecule has 0 unspecified atom stereocenters. The number of nitrogens with zero attached hydrogens (tertiary/aromatic N) is 1. The summed E-state index contributed by atoms with van der Waals surface area (Å²) in [5.41, 5.74) is 3.01. The highest BCUT2D eigenvalue weighted by Gasteiger charge is 2.09. The third-order valence-electron chi connectivity index (χ3n) is 2.93. The molecule has 0 saturated heterocycles. The van der Waals surface area contributed by atoms with Crippen LogP contribution >= 0.6 is 0 Å². The van der Waals surface area contributed by atoms with Crippen molar-refractivity contribution in [3.63, 3.8) is 0 Å². The minimum atomic E-state index is 0.785. The van der Waals surface area contributed by atoms with E-state index in [4.69, 9.17) is 10.00 Å². The molecule has 0 amide bonds. The van der Waals surface area contributed by atoms with Crippen LogP contribution in [0.1, 0.15) is 24.8 Å². The minimum Gasteiger partial charge on any atom is -0.497 e. The molecule has 0 aromatic heterocycles. The highest BCUT2D eigenvalue weighted by molar-refractivity contribution is 5.64. The van der Waals surface area contributed by atoms with E-state index in [2.05, 4.69) is 12.1 Å². The van der Waals surface area contributed by atoms with Crippen molar-refractivity contribution < 1.29 is 4.74 Å². The second-order valence-electron chi connectivity index (χ2n) is 4.06. The first-order chi connectivity index (χ1) is 8.33. The van der Waals surface area contributed by atoms with Crippen molar-refractivity contribution in [1.29, 1.82) is 5.26 Å². The number of hydrogen-bond donors (Lipinski definition) is 0. The molecular formula is C15H15NO. The molecule has 0 atom stereocenters. The van der Waals surface area contributed by atoms with Crippen LogP contribution in [-0.4, -0.2) is 7.11 Å². The SMILES string of the molecule is COc1ccc(/C=C(/C#N)C2=CCCC2)cc1. The Labute approximate surface area is 102 Å². The van der Waals surface area contributed by atoms with Crippen molar-refractivity contribution >= 4 is 6.08 Å². The summed E-state index contributed by atoms with van der Waals surface area (Å²) in [7, 11) is 1.65. The zero-order chi connectivity index (χ0) is 12.1. The van der Waals surface area contributed by atoms with E-state index in [1.165, 1.54) is 5.57 Å². The van der Waals surface area contributed by atoms with E-state index in [1.807, 2.05) is 30.3 Å². The Morgan fingerprint density at radius 3 is 2.65 bits per heavy atom. The van der Waals surface area contributed by atoms with Crippen molar-refractivity contribution in [1.82, 2.24) is 0 Å². The molecule has 1 aromatic rings. The van der Waals surface area contributed by atoms with E-state index < -0.39 is 0 Å². The maximum Gasteiger partial charge on any atom is 0.118 e. The maximum atomic E-state index is 9.16. The Bertz CT molecular complexity index is 489. The van der Waals surface area contributed by atoms with Gasteiger partial charge >= 0.3 is 0 Å². The zero-order valence-electron chi connectivity index (χ0n) is 9.94. The van der Waals surface area contributed by atoms with E-state index in [0.29, 0.717) is 0 Å². The third kappa shape index (κ3) is 2.76. The first-order valence-corrected chi connectivity index (χ1v) is 5.79. The molecule has 2 nitrogen and oxygen atoms in total. The normalized spacial score (nSPS) is 15.3. The molecule has 0 fully saturated rings. The van der Waals surface area contributed by atoms with Gasteiger partial charge in [-0.05, 0) is 48.6 Å². The fourth-order valence-electron chi connectivity index (χ4n) is 1.98. The number of allylic oxidation sites excluding steroid dienone is 3. The summed E-state index contributed by atoms with van der Waals surface area (Å²) in [6.45, 7) is 0.